The SMILES string of the molecule is O=C(N[C@@H]1[C@@H](O)[C@H](O)[C@@H](CO)O[C@@H]1O)[C@H](O)[C@@H](O)[C@H](O)[C@H](O)CO. The molecular formula is C12H23NO11. The van der Waals surface area contributed by atoms with Crippen LogP contribution in [0.15, 0.2) is 0 Å². The van der Waals surface area contributed by atoms with Gasteiger partial charge in [-0.05, 0) is 0 Å². The minimum atomic E-state index is -2.28. The Hall–Kier alpha value is -0.930. The highest BCUT2D eigenvalue weighted by Crippen LogP contribution is 2.20. The van der Waals surface area contributed by atoms with Gasteiger partial charge in [-0.25, -0.2) is 0 Å². The van der Waals surface area contributed by atoms with Crippen molar-refractivity contribution in [3.8, 4) is 0 Å². The van der Waals surface area contributed by atoms with E-state index in [1.807, 2.05) is 5.32 Å². The van der Waals surface area contributed by atoms with Gasteiger partial charge in [-0.1, -0.05) is 0 Å². The van der Waals surface area contributed by atoms with Gasteiger partial charge in [0, 0.05) is 0 Å². The predicted octanol–water partition coefficient (Wildman–Crippen LogP) is -6.66. The third-order valence-electron chi connectivity index (χ3n) is 3.73. The number of aliphatic hydroxyl groups is 9. The highest BCUT2D eigenvalue weighted by atomic mass is 16.6. The van der Waals surface area contributed by atoms with E-state index in [1.165, 1.54) is 0 Å². The maximum absolute atomic E-state index is 11.8. The van der Waals surface area contributed by atoms with Crippen LogP contribution in [-0.4, -0.2) is 120 Å². The molecule has 9 atom stereocenters. The van der Waals surface area contributed by atoms with Crippen LogP contribution < -0.4 is 5.32 Å². The van der Waals surface area contributed by atoms with Crippen molar-refractivity contribution in [2.75, 3.05) is 13.2 Å². The summed E-state index contributed by atoms with van der Waals surface area (Å²) in [7, 11) is 0. The summed E-state index contributed by atoms with van der Waals surface area (Å²) in [5.41, 5.74) is 0. The molecule has 0 unspecified atom stereocenters. The minimum absolute atomic E-state index is 0.706. The molecule has 1 saturated heterocycles. The second-order valence-electron chi connectivity index (χ2n) is 5.44. The first-order valence-corrected chi connectivity index (χ1v) is 7.09. The van der Waals surface area contributed by atoms with Crippen molar-refractivity contribution >= 4 is 5.91 Å². The van der Waals surface area contributed by atoms with Gasteiger partial charge in [0.2, 0.25) is 0 Å². The Morgan fingerprint density at radius 3 is 2.08 bits per heavy atom. The maximum atomic E-state index is 11.8. The summed E-state index contributed by atoms with van der Waals surface area (Å²) in [6.07, 6.45) is -14.8. The molecule has 12 heteroatoms. The molecule has 0 radical (unpaired) electrons. The number of aliphatic hydroxyl groups excluding tert-OH is 9. The first kappa shape index (κ1) is 21.1. The van der Waals surface area contributed by atoms with Crippen molar-refractivity contribution in [1.29, 1.82) is 0 Å². The van der Waals surface area contributed by atoms with Crippen molar-refractivity contribution in [2.24, 2.45) is 0 Å². The van der Waals surface area contributed by atoms with Crippen LogP contribution in [-0.2, 0) is 9.53 Å². The Morgan fingerprint density at radius 2 is 1.58 bits per heavy atom. The number of ether oxygens (including phenoxy) is 1. The fourth-order valence-corrected chi connectivity index (χ4v) is 2.18. The third-order valence-corrected chi connectivity index (χ3v) is 3.73. The van der Waals surface area contributed by atoms with Crippen molar-refractivity contribution < 1.29 is 55.5 Å². The average Bonchev–Trinajstić information content (AvgIpc) is 2.58. The molecule has 0 spiro atoms. The molecule has 1 aliphatic rings. The molecule has 24 heavy (non-hydrogen) atoms. The summed E-state index contributed by atoms with van der Waals surface area (Å²) in [4.78, 5) is 11.8. The second kappa shape index (κ2) is 8.96. The fraction of sp³-hybridized carbons (Fsp3) is 0.917. The van der Waals surface area contributed by atoms with E-state index in [4.69, 9.17) is 20.1 Å². The zero-order valence-electron chi connectivity index (χ0n) is 12.5. The largest absolute Gasteiger partial charge is 0.394 e. The van der Waals surface area contributed by atoms with E-state index in [-0.39, 0.29) is 0 Å². The maximum Gasteiger partial charge on any atom is 0.252 e. The van der Waals surface area contributed by atoms with Gasteiger partial charge < -0.3 is 56.0 Å². The van der Waals surface area contributed by atoms with Gasteiger partial charge in [0.05, 0.1) is 13.2 Å². The number of hydrogen-bond acceptors (Lipinski definition) is 11. The van der Waals surface area contributed by atoms with Crippen LogP contribution in [0.4, 0.5) is 0 Å². The van der Waals surface area contributed by atoms with E-state index in [0.717, 1.165) is 0 Å². The molecule has 0 aromatic rings. The molecule has 1 rings (SSSR count). The van der Waals surface area contributed by atoms with Crippen molar-refractivity contribution in [1.82, 2.24) is 5.32 Å². The summed E-state index contributed by atoms with van der Waals surface area (Å²) >= 11 is 0. The topological polar surface area (TPSA) is 220 Å². The molecular weight excluding hydrogens is 334 g/mol. The van der Waals surface area contributed by atoms with Crippen LogP contribution in [0, 0.1) is 0 Å². The normalized spacial score (nSPS) is 35.8. The number of carbonyl (C=O) groups excluding carboxylic acids is 1. The number of amides is 1. The molecule has 0 aliphatic carbocycles. The first-order chi connectivity index (χ1) is 11.1. The fourth-order valence-electron chi connectivity index (χ4n) is 2.18. The number of carbonyl (C=O) groups is 1. The van der Waals surface area contributed by atoms with Gasteiger partial charge in [-0.3, -0.25) is 4.79 Å². The van der Waals surface area contributed by atoms with Crippen molar-refractivity contribution in [3.05, 3.63) is 0 Å². The summed E-state index contributed by atoms with van der Waals surface area (Å²) in [6.45, 7) is -1.64. The summed E-state index contributed by atoms with van der Waals surface area (Å²) in [5.74, 6) is -1.35. The van der Waals surface area contributed by atoms with Crippen LogP contribution in [0.2, 0.25) is 0 Å². The zero-order chi connectivity index (χ0) is 18.6. The molecule has 1 amide bonds. The Kier molecular flexibility index (Phi) is 7.88. The lowest BCUT2D eigenvalue weighted by molar-refractivity contribution is -0.254. The van der Waals surface area contributed by atoms with E-state index in [2.05, 4.69) is 0 Å². The Balaban J connectivity index is 2.72. The minimum Gasteiger partial charge on any atom is -0.394 e. The third kappa shape index (κ3) is 4.58. The Bertz CT molecular complexity index is 410. The Morgan fingerprint density at radius 1 is 1.00 bits per heavy atom. The van der Waals surface area contributed by atoms with Crippen LogP contribution in [0.3, 0.4) is 0 Å². The monoisotopic (exact) mass is 357 g/mol. The van der Waals surface area contributed by atoms with E-state index in [1.54, 1.807) is 0 Å². The standard InChI is InChI=1S/C12H23NO11/c14-1-3(16)6(17)9(20)10(21)11(22)13-5-8(19)7(18)4(2-15)24-12(5)23/h3-10,12,14-21,23H,1-2H2,(H,13,22)/t3-,4-,5-,6-,7-,8-,9+,10-,12+/m1/s1. The second-order valence-corrected chi connectivity index (χ2v) is 5.44. The summed E-state index contributed by atoms with van der Waals surface area (Å²) in [5, 5.41) is 86.5. The molecule has 1 fully saturated rings. The van der Waals surface area contributed by atoms with Gasteiger partial charge in [0.1, 0.15) is 42.7 Å². The zero-order valence-corrected chi connectivity index (χ0v) is 12.5. The summed E-state index contributed by atoms with van der Waals surface area (Å²) < 4.78 is 4.79. The van der Waals surface area contributed by atoms with Gasteiger partial charge in [0.15, 0.2) is 12.4 Å². The predicted molar refractivity (Wildman–Crippen MR) is 73.0 cm³/mol. The van der Waals surface area contributed by atoms with E-state index in [9.17, 15) is 35.4 Å². The highest BCUT2D eigenvalue weighted by Gasteiger charge is 2.45. The van der Waals surface area contributed by atoms with Crippen LogP contribution >= 0.6 is 0 Å². The average molecular weight is 357 g/mol. The molecule has 0 aromatic carbocycles. The van der Waals surface area contributed by atoms with Crippen LogP contribution in [0.25, 0.3) is 0 Å². The molecule has 1 heterocycles. The molecule has 0 bridgehead atoms. The van der Waals surface area contributed by atoms with Gasteiger partial charge >= 0.3 is 0 Å². The lowest BCUT2D eigenvalue weighted by Gasteiger charge is -2.40. The molecule has 0 saturated carbocycles. The molecule has 10 N–H and O–H groups in total. The van der Waals surface area contributed by atoms with E-state index < -0.39 is 74.2 Å². The number of rotatable bonds is 7. The lowest BCUT2D eigenvalue weighted by atomic mass is 9.96. The quantitative estimate of drug-likeness (QED) is 0.206. The van der Waals surface area contributed by atoms with E-state index >= 15 is 0 Å². The van der Waals surface area contributed by atoms with Gasteiger partial charge in [0.25, 0.3) is 5.91 Å². The Labute approximate surface area is 136 Å². The molecule has 1 aliphatic heterocycles. The molecule has 12 nitrogen and oxygen atoms in total. The van der Waals surface area contributed by atoms with Gasteiger partial charge in [-0.2, -0.15) is 0 Å². The smallest absolute Gasteiger partial charge is 0.252 e. The molecule has 0 aromatic heterocycles. The van der Waals surface area contributed by atoms with Crippen LogP contribution in [0.1, 0.15) is 0 Å². The van der Waals surface area contributed by atoms with Gasteiger partial charge in [-0.15, -0.1) is 0 Å². The van der Waals surface area contributed by atoms with Crippen molar-refractivity contribution in [3.63, 3.8) is 0 Å². The number of nitrogens with one attached hydrogen (secondary N) is 1. The summed E-state index contributed by atoms with van der Waals surface area (Å²) in [6, 6.07) is -1.60. The van der Waals surface area contributed by atoms with E-state index in [0.29, 0.717) is 0 Å². The lowest BCUT2D eigenvalue weighted by Crippen LogP contribution is -2.65. The van der Waals surface area contributed by atoms with Crippen molar-refractivity contribution in [2.45, 2.75) is 55.1 Å². The first-order valence-electron chi connectivity index (χ1n) is 7.09. The van der Waals surface area contributed by atoms with Crippen LogP contribution in [0.5, 0.6) is 0 Å². The molecule has 142 valence electrons. The highest BCUT2D eigenvalue weighted by molar-refractivity contribution is 5.81. The number of hydrogen-bond donors (Lipinski definition) is 10.